The summed E-state index contributed by atoms with van der Waals surface area (Å²) in [5.74, 6) is -1.54. The summed E-state index contributed by atoms with van der Waals surface area (Å²) in [6, 6.07) is 5.87. The van der Waals surface area contributed by atoms with Gasteiger partial charge in [0, 0.05) is 26.2 Å². The van der Waals surface area contributed by atoms with Crippen molar-refractivity contribution in [3.63, 3.8) is 0 Å². The van der Waals surface area contributed by atoms with Crippen molar-refractivity contribution in [1.29, 1.82) is 0 Å². The van der Waals surface area contributed by atoms with Gasteiger partial charge in [0.1, 0.15) is 16.5 Å². The Morgan fingerprint density at radius 3 is 2.52 bits per heavy atom. The molecule has 0 aliphatic heterocycles. The second kappa shape index (κ2) is 11.3. The molecule has 0 aliphatic rings. The predicted octanol–water partition coefficient (Wildman–Crippen LogP) is 4.84. The lowest BCUT2D eigenvalue weighted by Crippen LogP contribution is -2.27. The zero-order valence-electron chi connectivity index (χ0n) is 17.3. The highest BCUT2D eigenvalue weighted by molar-refractivity contribution is 7.93. The van der Waals surface area contributed by atoms with E-state index in [4.69, 9.17) is 11.6 Å². The minimum atomic E-state index is -4.40. The fraction of sp³-hybridized carbons (Fsp3) is 0.211. The summed E-state index contributed by atoms with van der Waals surface area (Å²) in [5, 5.41) is 4.88. The number of rotatable bonds is 9. The van der Waals surface area contributed by atoms with E-state index in [0.717, 1.165) is 18.3 Å². The highest BCUT2D eigenvalue weighted by atomic mass is 35.5. The SMILES string of the molecule is CNCCN(C)c1cc(F)ccc1Nc1cc(F)c(S(=O)(=O)Nc2ncc(F)s2)cc1Cl.Cl. The first-order chi connectivity index (χ1) is 15.1. The molecular formula is C19H20Cl2F3N5O2S2. The van der Waals surface area contributed by atoms with Gasteiger partial charge in [0.25, 0.3) is 10.0 Å². The molecule has 2 aromatic carbocycles. The third kappa shape index (κ3) is 6.64. The van der Waals surface area contributed by atoms with E-state index in [1.54, 1.807) is 19.0 Å². The molecule has 14 heteroatoms. The predicted molar refractivity (Wildman–Crippen MR) is 128 cm³/mol. The van der Waals surface area contributed by atoms with E-state index in [1.165, 1.54) is 18.2 Å². The van der Waals surface area contributed by atoms with Crippen molar-refractivity contribution in [2.45, 2.75) is 4.90 Å². The molecule has 3 rings (SSSR count). The Morgan fingerprint density at radius 2 is 1.88 bits per heavy atom. The molecule has 180 valence electrons. The minimum absolute atomic E-state index is 0. The van der Waals surface area contributed by atoms with Crippen LogP contribution in [0.4, 0.5) is 35.4 Å². The molecule has 0 saturated carbocycles. The molecule has 0 unspecified atom stereocenters. The average Bonchev–Trinajstić information content (AvgIpc) is 3.13. The maximum Gasteiger partial charge on any atom is 0.266 e. The quantitative estimate of drug-likeness (QED) is 0.359. The number of hydrogen-bond acceptors (Lipinski definition) is 7. The zero-order chi connectivity index (χ0) is 23.5. The number of halogens is 5. The van der Waals surface area contributed by atoms with Gasteiger partial charge in [0.15, 0.2) is 10.3 Å². The molecule has 1 aromatic heterocycles. The lowest BCUT2D eigenvalue weighted by Gasteiger charge is -2.23. The molecule has 0 bridgehead atoms. The summed E-state index contributed by atoms with van der Waals surface area (Å²) in [6.07, 6.45) is 0.840. The van der Waals surface area contributed by atoms with E-state index < -0.39 is 31.7 Å². The Morgan fingerprint density at radius 1 is 1.15 bits per heavy atom. The van der Waals surface area contributed by atoms with E-state index in [0.29, 0.717) is 35.8 Å². The van der Waals surface area contributed by atoms with Crippen molar-refractivity contribution in [2.24, 2.45) is 0 Å². The molecule has 0 radical (unpaired) electrons. The number of benzene rings is 2. The van der Waals surface area contributed by atoms with Crippen molar-refractivity contribution in [3.8, 4) is 0 Å². The van der Waals surface area contributed by atoms with Crippen LogP contribution in [0.5, 0.6) is 0 Å². The summed E-state index contributed by atoms with van der Waals surface area (Å²) >= 11 is 6.68. The zero-order valence-corrected chi connectivity index (χ0v) is 20.5. The minimum Gasteiger partial charge on any atom is -0.372 e. The number of likely N-dealkylation sites (N-methyl/N-ethyl adjacent to an activating group) is 2. The van der Waals surface area contributed by atoms with E-state index in [-0.39, 0.29) is 28.2 Å². The molecule has 3 N–H and O–H groups in total. The molecule has 7 nitrogen and oxygen atoms in total. The maximum atomic E-state index is 14.7. The van der Waals surface area contributed by atoms with Gasteiger partial charge in [0.2, 0.25) is 0 Å². The number of anilines is 4. The maximum absolute atomic E-state index is 14.7. The van der Waals surface area contributed by atoms with Crippen molar-refractivity contribution in [1.82, 2.24) is 10.3 Å². The van der Waals surface area contributed by atoms with Crippen molar-refractivity contribution < 1.29 is 21.6 Å². The molecule has 33 heavy (non-hydrogen) atoms. The lowest BCUT2D eigenvalue weighted by molar-refractivity contribution is 0.570. The van der Waals surface area contributed by atoms with E-state index >= 15 is 0 Å². The first kappa shape index (κ1) is 27.0. The Hall–Kier alpha value is -2.25. The van der Waals surface area contributed by atoms with Crippen LogP contribution in [0.1, 0.15) is 0 Å². The van der Waals surface area contributed by atoms with Crippen molar-refractivity contribution >= 4 is 67.6 Å². The Labute approximate surface area is 204 Å². The number of sulfonamides is 1. The van der Waals surface area contributed by atoms with Crippen LogP contribution in [0.15, 0.2) is 41.4 Å². The molecule has 0 atom stereocenters. The van der Waals surface area contributed by atoms with Crippen LogP contribution in [0.25, 0.3) is 0 Å². The molecule has 3 aromatic rings. The van der Waals surface area contributed by atoms with Crippen LogP contribution in [-0.4, -0.2) is 40.6 Å². The molecule has 1 heterocycles. The molecule has 0 spiro atoms. The van der Waals surface area contributed by atoms with Crippen LogP contribution in [-0.2, 0) is 10.0 Å². The summed E-state index contributed by atoms with van der Waals surface area (Å²) in [4.78, 5) is 4.62. The van der Waals surface area contributed by atoms with E-state index in [9.17, 15) is 21.6 Å². The first-order valence-electron chi connectivity index (χ1n) is 9.16. The van der Waals surface area contributed by atoms with Crippen LogP contribution >= 0.6 is 35.3 Å². The lowest BCUT2D eigenvalue weighted by atomic mass is 10.2. The summed E-state index contributed by atoms with van der Waals surface area (Å²) in [7, 11) is -0.847. The van der Waals surface area contributed by atoms with Gasteiger partial charge in [0.05, 0.1) is 28.3 Å². The fourth-order valence-electron chi connectivity index (χ4n) is 2.77. The van der Waals surface area contributed by atoms with E-state index in [1.807, 2.05) is 4.72 Å². The van der Waals surface area contributed by atoms with Gasteiger partial charge in [-0.25, -0.2) is 22.2 Å². The third-order valence-electron chi connectivity index (χ3n) is 4.35. The van der Waals surface area contributed by atoms with Gasteiger partial charge >= 0.3 is 0 Å². The molecule has 0 aliphatic carbocycles. The topological polar surface area (TPSA) is 86.4 Å². The molecule has 0 saturated heterocycles. The molecule has 0 amide bonds. The molecule has 0 fully saturated rings. The van der Waals surface area contributed by atoms with Gasteiger partial charge < -0.3 is 15.5 Å². The first-order valence-corrected chi connectivity index (χ1v) is 11.8. The Kier molecular flexibility index (Phi) is 9.20. The summed E-state index contributed by atoms with van der Waals surface area (Å²) < 4.78 is 68.6. The van der Waals surface area contributed by atoms with Gasteiger partial charge in [-0.3, -0.25) is 4.72 Å². The van der Waals surface area contributed by atoms with Crippen molar-refractivity contribution in [2.75, 3.05) is 42.1 Å². The van der Waals surface area contributed by atoms with Gasteiger partial charge in [-0.2, -0.15) is 4.39 Å². The van der Waals surface area contributed by atoms with Crippen LogP contribution in [0.3, 0.4) is 0 Å². The van der Waals surface area contributed by atoms with Crippen LogP contribution in [0, 0.1) is 16.8 Å². The Bertz CT molecular complexity index is 1230. The van der Waals surface area contributed by atoms with E-state index in [2.05, 4.69) is 15.6 Å². The van der Waals surface area contributed by atoms with Gasteiger partial charge in [-0.15, -0.1) is 12.4 Å². The highest BCUT2D eigenvalue weighted by Gasteiger charge is 2.23. The second-order valence-corrected chi connectivity index (χ2v) is 9.69. The highest BCUT2D eigenvalue weighted by Crippen LogP contribution is 2.35. The monoisotopic (exact) mass is 541 g/mol. The number of nitrogens with one attached hydrogen (secondary N) is 3. The summed E-state index contributed by atoms with van der Waals surface area (Å²) in [5.41, 5.74) is 1.03. The van der Waals surface area contributed by atoms with Crippen LogP contribution < -0.4 is 20.3 Å². The normalized spacial score (nSPS) is 11.1. The van der Waals surface area contributed by atoms with Gasteiger partial charge in [-0.1, -0.05) is 22.9 Å². The third-order valence-corrected chi connectivity index (χ3v) is 6.84. The number of aromatic nitrogens is 1. The second-order valence-electron chi connectivity index (χ2n) is 6.65. The number of thiazole rings is 1. The van der Waals surface area contributed by atoms with Gasteiger partial charge in [-0.05, 0) is 31.3 Å². The number of hydrogen-bond donors (Lipinski definition) is 3. The largest absolute Gasteiger partial charge is 0.372 e. The standard InChI is InChI=1S/C19H19ClF3N5O2S2.ClH/c1-24-5-6-28(2)16-7-11(21)3-4-14(16)26-15-9-13(22)17(8-12(15)20)32(29,30)27-19-25-10-18(23)31-19;/h3-4,7-10,24,26H,5-6H2,1-2H3,(H,25,27);1H. The summed E-state index contributed by atoms with van der Waals surface area (Å²) in [6.45, 7) is 1.21. The fourth-order valence-corrected chi connectivity index (χ4v) is 4.92. The Balaban J connectivity index is 0.00000385. The van der Waals surface area contributed by atoms with Crippen molar-refractivity contribution in [3.05, 3.63) is 58.3 Å². The molecular weight excluding hydrogens is 522 g/mol. The smallest absolute Gasteiger partial charge is 0.266 e. The van der Waals surface area contributed by atoms with Crippen LogP contribution in [0.2, 0.25) is 5.02 Å². The average molecular weight is 542 g/mol. The number of nitrogens with zero attached hydrogens (tertiary/aromatic N) is 2.